The summed E-state index contributed by atoms with van der Waals surface area (Å²) in [5, 5.41) is 15.2. The van der Waals surface area contributed by atoms with E-state index in [4.69, 9.17) is 4.18 Å². The Hall–Kier alpha value is -2.92. The lowest BCUT2D eigenvalue weighted by molar-refractivity contribution is -0.139. The van der Waals surface area contributed by atoms with E-state index in [-0.39, 0.29) is 24.4 Å². The van der Waals surface area contributed by atoms with E-state index in [1.54, 1.807) is 32.9 Å². The lowest BCUT2D eigenvalue weighted by Gasteiger charge is -2.44. The molecule has 0 spiro atoms. The van der Waals surface area contributed by atoms with E-state index in [2.05, 4.69) is 17.2 Å². The quantitative estimate of drug-likeness (QED) is 0.370. The standard InChI is InChI=1S/C23H33N3O7S/c1-7-12-22(15-33-34(31,32)18-10-8-16(2)9-11-18)13-26(20(29)30)14-23(22,24-17(3)27)19(28)25-21(4,5)6/h7-11H,1,12-15H2,2-6H3,(H,24,27)(H,25,28)(H,29,30)/t22-,23+/m0/s1. The number of likely N-dealkylation sites (tertiary alicyclic amines) is 1. The lowest BCUT2D eigenvalue weighted by atomic mass is 9.69. The van der Waals surface area contributed by atoms with Crippen molar-refractivity contribution >= 4 is 28.0 Å². The molecule has 0 aromatic heterocycles. The molecule has 0 bridgehead atoms. The number of amides is 3. The van der Waals surface area contributed by atoms with Crippen LogP contribution in [0.25, 0.3) is 0 Å². The van der Waals surface area contributed by atoms with Crippen molar-refractivity contribution in [3.63, 3.8) is 0 Å². The summed E-state index contributed by atoms with van der Waals surface area (Å²) in [7, 11) is -4.24. The van der Waals surface area contributed by atoms with Crippen LogP contribution in [0.1, 0.15) is 39.7 Å². The maximum absolute atomic E-state index is 13.6. The average Bonchev–Trinajstić information content (AvgIpc) is 3.01. The number of aryl methyl sites for hydroxylation is 1. The predicted molar refractivity (Wildman–Crippen MR) is 126 cm³/mol. The van der Waals surface area contributed by atoms with Gasteiger partial charge in [-0.3, -0.25) is 13.8 Å². The van der Waals surface area contributed by atoms with Gasteiger partial charge in [-0.15, -0.1) is 6.58 Å². The molecule has 0 aliphatic carbocycles. The summed E-state index contributed by atoms with van der Waals surface area (Å²) in [6, 6.07) is 6.04. The fourth-order valence-electron chi connectivity index (χ4n) is 4.14. The molecule has 10 nitrogen and oxygen atoms in total. The van der Waals surface area contributed by atoms with Gasteiger partial charge in [-0.25, -0.2) is 4.79 Å². The molecule has 1 fully saturated rings. The van der Waals surface area contributed by atoms with Gasteiger partial charge in [-0.05, 0) is 46.2 Å². The van der Waals surface area contributed by atoms with Crippen molar-refractivity contribution in [3.05, 3.63) is 42.5 Å². The molecule has 188 valence electrons. The highest BCUT2D eigenvalue weighted by Gasteiger charge is 2.64. The van der Waals surface area contributed by atoms with Crippen molar-refractivity contribution in [1.29, 1.82) is 0 Å². The van der Waals surface area contributed by atoms with Gasteiger partial charge in [0.25, 0.3) is 10.1 Å². The van der Waals surface area contributed by atoms with Gasteiger partial charge in [0.15, 0.2) is 0 Å². The molecule has 0 unspecified atom stereocenters. The van der Waals surface area contributed by atoms with Crippen molar-refractivity contribution in [2.45, 2.75) is 57.0 Å². The lowest BCUT2D eigenvalue weighted by Crippen LogP contribution is -2.70. The van der Waals surface area contributed by atoms with E-state index in [0.29, 0.717) is 0 Å². The fourth-order valence-corrected chi connectivity index (χ4v) is 5.13. The molecule has 3 amide bonds. The smallest absolute Gasteiger partial charge is 0.407 e. The summed E-state index contributed by atoms with van der Waals surface area (Å²) < 4.78 is 31.3. The number of hydrogen-bond donors (Lipinski definition) is 3. The number of carboxylic acid groups (broad SMARTS) is 1. The number of allylic oxidation sites excluding steroid dienone is 1. The number of carbonyl (C=O) groups excluding carboxylic acids is 2. The molecule has 1 aliphatic rings. The van der Waals surface area contributed by atoms with Crippen LogP contribution in [0.3, 0.4) is 0 Å². The van der Waals surface area contributed by atoms with E-state index >= 15 is 0 Å². The van der Waals surface area contributed by atoms with Gasteiger partial charge in [0.05, 0.1) is 23.5 Å². The topological polar surface area (TPSA) is 142 Å². The summed E-state index contributed by atoms with van der Waals surface area (Å²) in [4.78, 5) is 38.7. The number of carbonyl (C=O) groups is 3. The van der Waals surface area contributed by atoms with Crippen molar-refractivity contribution in [3.8, 4) is 0 Å². The van der Waals surface area contributed by atoms with Crippen LogP contribution in [0, 0.1) is 12.3 Å². The molecule has 1 saturated heterocycles. The first kappa shape index (κ1) is 27.3. The first-order valence-corrected chi connectivity index (χ1v) is 12.1. The SMILES string of the molecule is C=CC[C@@]1(COS(=O)(=O)c2ccc(C)cc2)CN(C(=O)O)C[C@@]1(NC(C)=O)C(=O)NC(C)(C)C. The number of nitrogens with zero attached hydrogens (tertiary/aromatic N) is 1. The van der Waals surface area contributed by atoms with Crippen molar-refractivity contribution < 1.29 is 32.1 Å². The van der Waals surface area contributed by atoms with Gasteiger partial charge in [0.1, 0.15) is 5.54 Å². The molecule has 2 atom stereocenters. The van der Waals surface area contributed by atoms with E-state index in [1.807, 2.05) is 6.92 Å². The van der Waals surface area contributed by atoms with Crippen molar-refractivity contribution in [2.24, 2.45) is 5.41 Å². The van der Waals surface area contributed by atoms with Crippen LogP contribution < -0.4 is 10.6 Å². The van der Waals surface area contributed by atoms with Crippen LogP contribution in [0.15, 0.2) is 41.8 Å². The Kier molecular flexibility index (Phi) is 7.84. The minimum atomic E-state index is -4.24. The van der Waals surface area contributed by atoms with Gasteiger partial charge in [-0.2, -0.15) is 8.42 Å². The predicted octanol–water partition coefficient (Wildman–Crippen LogP) is 2.05. The second-order valence-corrected chi connectivity index (χ2v) is 11.3. The normalized spacial score (nSPS) is 22.8. The maximum atomic E-state index is 13.6. The third-order valence-electron chi connectivity index (χ3n) is 5.70. The minimum Gasteiger partial charge on any atom is -0.465 e. The van der Waals surface area contributed by atoms with Gasteiger partial charge in [0, 0.05) is 19.0 Å². The molecule has 1 aliphatic heterocycles. The van der Waals surface area contributed by atoms with Gasteiger partial charge in [-0.1, -0.05) is 23.8 Å². The average molecular weight is 496 g/mol. The molecule has 1 aromatic carbocycles. The Morgan fingerprint density at radius 1 is 1.21 bits per heavy atom. The Morgan fingerprint density at radius 3 is 2.26 bits per heavy atom. The van der Waals surface area contributed by atoms with E-state index < -0.39 is 51.1 Å². The third kappa shape index (κ3) is 5.76. The largest absolute Gasteiger partial charge is 0.465 e. The number of rotatable bonds is 8. The molecule has 34 heavy (non-hydrogen) atoms. The van der Waals surface area contributed by atoms with Crippen LogP contribution in [-0.2, 0) is 23.9 Å². The third-order valence-corrected chi connectivity index (χ3v) is 6.98. The van der Waals surface area contributed by atoms with Crippen LogP contribution in [-0.4, -0.2) is 67.1 Å². The first-order chi connectivity index (χ1) is 15.6. The monoisotopic (exact) mass is 495 g/mol. The Bertz CT molecular complexity index is 1060. The van der Waals surface area contributed by atoms with E-state index in [9.17, 15) is 27.9 Å². The second kappa shape index (κ2) is 9.75. The Morgan fingerprint density at radius 2 is 1.79 bits per heavy atom. The second-order valence-electron chi connectivity index (χ2n) is 9.73. The van der Waals surface area contributed by atoms with Gasteiger partial charge in [0.2, 0.25) is 11.8 Å². The molecule has 0 saturated carbocycles. The summed E-state index contributed by atoms with van der Waals surface area (Å²) in [5.74, 6) is -1.22. The summed E-state index contributed by atoms with van der Waals surface area (Å²) in [6.45, 7) is 10.8. The molecule has 1 heterocycles. The highest BCUT2D eigenvalue weighted by molar-refractivity contribution is 7.86. The number of hydrogen-bond acceptors (Lipinski definition) is 6. The van der Waals surface area contributed by atoms with Crippen LogP contribution in [0.5, 0.6) is 0 Å². The molecule has 11 heteroatoms. The number of nitrogens with one attached hydrogen (secondary N) is 2. The zero-order valence-corrected chi connectivity index (χ0v) is 21.0. The van der Waals surface area contributed by atoms with Crippen LogP contribution >= 0.6 is 0 Å². The zero-order valence-electron chi connectivity index (χ0n) is 20.2. The van der Waals surface area contributed by atoms with E-state index in [0.717, 1.165) is 10.5 Å². The summed E-state index contributed by atoms with van der Waals surface area (Å²) >= 11 is 0. The highest BCUT2D eigenvalue weighted by Crippen LogP contribution is 2.44. The molecular weight excluding hydrogens is 462 g/mol. The van der Waals surface area contributed by atoms with Crippen LogP contribution in [0.4, 0.5) is 4.79 Å². The van der Waals surface area contributed by atoms with Gasteiger partial charge >= 0.3 is 6.09 Å². The maximum Gasteiger partial charge on any atom is 0.407 e. The molecule has 3 N–H and O–H groups in total. The molecular formula is C23H33N3O7S. The Labute approximate surface area is 200 Å². The number of benzene rings is 1. The van der Waals surface area contributed by atoms with E-state index in [1.165, 1.54) is 25.1 Å². The molecule has 1 aromatic rings. The minimum absolute atomic E-state index is 0.00194. The zero-order chi connectivity index (χ0) is 25.9. The molecule has 2 rings (SSSR count). The van der Waals surface area contributed by atoms with Crippen molar-refractivity contribution in [2.75, 3.05) is 19.7 Å². The Balaban J connectivity index is 2.60. The van der Waals surface area contributed by atoms with Gasteiger partial charge < -0.3 is 20.6 Å². The fraction of sp³-hybridized carbons (Fsp3) is 0.522. The molecule has 0 radical (unpaired) electrons. The van der Waals surface area contributed by atoms with Crippen LogP contribution in [0.2, 0.25) is 0 Å². The summed E-state index contributed by atoms with van der Waals surface area (Å²) in [5.41, 5.74) is -3.11. The van der Waals surface area contributed by atoms with Crippen molar-refractivity contribution in [1.82, 2.24) is 15.5 Å². The summed E-state index contributed by atoms with van der Waals surface area (Å²) in [6.07, 6.45) is 0.136. The first-order valence-electron chi connectivity index (χ1n) is 10.7. The highest BCUT2D eigenvalue weighted by atomic mass is 32.2.